The summed E-state index contributed by atoms with van der Waals surface area (Å²) in [6, 6.07) is 13.7. The molecule has 0 radical (unpaired) electrons. The van der Waals surface area contributed by atoms with Crippen LogP contribution in [-0.2, 0) is 11.3 Å². The minimum absolute atomic E-state index is 0.00364. The predicted octanol–water partition coefficient (Wildman–Crippen LogP) is 3.51. The van der Waals surface area contributed by atoms with Gasteiger partial charge in [-0.05, 0) is 37.6 Å². The van der Waals surface area contributed by atoms with E-state index in [0.717, 1.165) is 31.2 Å². The molecule has 1 fully saturated rings. The standard InChI is InChI=1S/C21H24F2N2O2/c22-19-8-4-5-16(21(19)23)15-25-17(9-10-20(25)26)11-12-24-13-14-27-18-6-2-1-3-7-18/h1-8,17,24H,9-15H2. The Kier molecular flexibility index (Phi) is 6.76. The Morgan fingerprint density at radius 2 is 1.89 bits per heavy atom. The van der Waals surface area contributed by atoms with E-state index in [4.69, 9.17) is 4.74 Å². The third-order valence-corrected chi connectivity index (χ3v) is 4.77. The fourth-order valence-corrected chi connectivity index (χ4v) is 3.32. The van der Waals surface area contributed by atoms with Gasteiger partial charge in [0, 0.05) is 31.1 Å². The van der Waals surface area contributed by atoms with Crippen LogP contribution in [0.5, 0.6) is 5.75 Å². The molecule has 3 rings (SSSR count). The number of hydrogen-bond donors (Lipinski definition) is 1. The van der Waals surface area contributed by atoms with Crippen molar-refractivity contribution in [2.45, 2.75) is 31.8 Å². The molecule has 1 aliphatic heterocycles. The Morgan fingerprint density at radius 1 is 1.07 bits per heavy atom. The van der Waals surface area contributed by atoms with E-state index >= 15 is 0 Å². The third-order valence-electron chi connectivity index (χ3n) is 4.77. The van der Waals surface area contributed by atoms with Gasteiger partial charge in [-0.15, -0.1) is 0 Å². The zero-order valence-corrected chi connectivity index (χ0v) is 15.2. The van der Waals surface area contributed by atoms with Crippen LogP contribution in [0.4, 0.5) is 8.78 Å². The molecular formula is C21H24F2N2O2. The molecule has 1 unspecified atom stereocenters. The zero-order valence-electron chi connectivity index (χ0n) is 15.2. The molecule has 1 saturated heterocycles. The lowest BCUT2D eigenvalue weighted by atomic mass is 10.1. The lowest BCUT2D eigenvalue weighted by Gasteiger charge is -2.25. The van der Waals surface area contributed by atoms with Gasteiger partial charge in [0.1, 0.15) is 12.4 Å². The van der Waals surface area contributed by atoms with E-state index in [1.807, 2.05) is 30.3 Å². The van der Waals surface area contributed by atoms with E-state index in [9.17, 15) is 13.6 Å². The normalized spacial score (nSPS) is 16.7. The summed E-state index contributed by atoms with van der Waals surface area (Å²) in [5, 5.41) is 3.31. The Morgan fingerprint density at radius 3 is 2.70 bits per heavy atom. The van der Waals surface area contributed by atoms with Gasteiger partial charge in [0.15, 0.2) is 11.6 Å². The topological polar surface area (TPSA) is 41.6 Å². The molecule has 0 aromatic heterocycles. The van der Waals surface area contributed by atoms with Gasteiger partial charge in [-0.2, -0.15) is 0 Å². The molecule has 0 spiro atoms. The molecule has 1 heterocycles. The van der Waals surface area contributed by atoms with Crippen LogP contribution in [0.2, 0.25) is 0 Å². The van der Waals surface area contributed by atoms with Crippen molar-refractivity contribution < 1.29 is 18.3 Å². The second kappa shape index (κ2) is 9.46. The summed E-state index contributed by atoms with van der Waals surface area (Å²) in [5.74, 6) is -0.914. The summed E-state index contributed by atoms with van der Waals surface area (Å²) in [6.45, 7) is 2.11. The first kappa shape index (κ1) is 19.3. The molecule has 0 bridgehead atoms. The molecule has 4 nitrogen and oxygen atoms in total. The Balaban J connectivity index is 1.42. The fourth-order valence-electron chi connectivity index (χ4n) is 3.32. The van der Waals surface area contributed by atoms with Gasteiger partial charge in [0.2, 0.25) is 5.91 Å². The molecule has 2 aromatic rings. The first-order valence-corrected chi connectivity index (χ1v) is 9.26. The van der Waals surface area contributed by atoms with Crippen molar-refractivity contribution in [1.29, 1.82) is 0 Å². The summed E-state index contributed by atoms with van der Waals surface area (Å²) in [6.07, 6.45) is 1.98. The minimum atomic E-state index is -0.879. The lowest BCUT2D eigenvalue weighted by molar-refractivity contribution is -0.129. The molecule has 1 atom stereocenters. The molecule has 0 saturated carbocycles. The highest BCUT2D eigenvalue weighted by atomic mass is 19.2. The van der Waals surface area contributed by atoms with Crippen LogP contribution >= 0.6 is 0 Å². The van der Waals surface area contributed by atoms with Gasteiger partial charge in [-0.1, -0.05) is 30.3 Å². The summed E-state index contributed by atoms with van der Waals surface area (Å²) in [5.41, 5.74) is 0.222. The second-order valence-electron chi connectivity index (χ2n) is 6.63. The van der Waals surface area contributed by atoms with E-state index in [2.05, 4.69) is 5.32 Å². The summed E-state index contributed by atoms with van der Waals surface area (Å²) < 4.78 is 32.9. The van der Waals surface area contributed by atoms with Crippen LogP contribution in [0.1, 0.15) is 24.8 Å². The monoisotopic (exact) mass is 374 g/mol. The molecule has 6 heteroatoms. The number of amides is 1. The minimum Gasteiger partial charge on any atom is -0.492 e. The van der Waals surface area contributed by atoms with Gasteiger partial charge in [-0.25, -0.2) is 8.78 Å². The van der Waals surface area contributed by atoms with Crippen molar-refractivity contribution in [2.75, 3.05) is 19.7 Å². The molecule has 27 heavy (non-hydrogen) atoms. The van der Waals surface area contributed by atoms with Gasteiger partial charge in [0.05, 0.1) is 0 Å². The van der Waals surface area contributed by atoms with Crippen molar-refractivity contribution >= 4 is 5.91 Å². The first-order chi connectivity index (χ1) is 13.1. The largest absolute Gasteiger partial charge is 0.492 e. The number of hydrogen-bond acceptors (Lipinski definition) is 3. The zero-order chi connectivity index (χ0) is 19.1. The van der Waals surface area contributed by atoms with E-state index in [0.29, 0.717) is 19.6 Å². The Bertz CT molecular complexity index is 755. The van der Waals surface area contributed by atoms with Crippen LogP contribution in [-0.4, -0.2) is 36.5 Å². The molecule has 2 aromatic carbocycles. The predicted molar refractivity (Wildman–Crippen MR) is 99.4 cm³/mol. The van der Waals surface area contributed by atoms with Gasteiger partial charge in [0.25, 0.3) is 0 Å². The highest BCUT2D eigenvalue weighted by molar-refractivity contribution is 5.78. The van der Waals surface area contributed by atoms with Crippen LogP contribution < -0.4 is 10.1 Å². The van der Waals surface area contributed by atoms with E-state index in [1.54, 1.807) is 4.90 Å². The number of nitrogens with zero attached hydrogens (tertiary/aromatic N) is 1. The maximum Gasteiger partial charge on any atom is 0.223 e. The fraction of sp³-hybridized carbons (Fsp3) is 0.381. The molecule has 1 amide bonds. The van der Waals surface area contributed by atoms with E-state index in [1.165, 1.54) is 12.1 Å². The van der Waals surface area contributed by atoms with Crippen LogP contribution in [0.3, 0.4) is 0 Å². The SMILES string of the molecule is O=C1CCC(CCNCCOc2ccccc2)N1Cc1cccc(F)c1F. The molecule has 1 aliphatic rings. The van der Waals surface area contributed by atoms with Crippen molar-refractivity contribution in [3.05, 3.63) is 65.7 Å². The van der Waals surface area contributed by atoms with Crippen molar-refractivity contribution in [3.8, 4) is 5.75 Å². The number of likely N-dealkylation sites (tertiary alicyclic amines) is 1. The number of ether oxygens (including phenoxy) is 1. The number of para-hydroxylation sites is 1. The number of carbonyl (C=O) groups is 1. The van der Waals surface area contributed by atoms with Crippen molar-refractivity contribution in [3.63, 3.8) is 0 Å². The van der Waals surface area contributed by atoms with Gasteiger partial charge >= 0.3 is 0 Å². The molecule has 144 valence electrons. The summed E-state index contributed by atoms with van der Waals surface area (Å²) in [7, 11) is 0. The van der Waals surface area contributed by atoms with Crippen molar-refractivity contribution in [1.82, 2.24) is 10.2 Å². The summed E-state index contributed by atoms with van der Waals surface area (Å²) in [4.78, 5) is 13.8. The Labute approximate surface area is 158 Å². The van der Waals surface area contributed by atoms with Crippen LogP contribution in [0.25, 0.3) is 0 Å². The van der Waals surface area contributed by atoms with Crippen molar-refractivity contribution in [2.24, 2.45) is 0 Å². The average Bonchev–Trinajstić information content (AvgIpc) is 3.02. The quantitative estimate of drug-likeness (QED) is 0.683. The van der Waals surface area contributed by atoms with Crippen LogP contribution in [0, 0.1) is 11.6 Å². The molecule has 1 N–H and O–H groups in total. The maximum absolute atomic E-state index is 13.9. The van der Waals surface area contributed by atoms with Crippen LogP contribution in [0.15, 0.2) is 48.5 Å². The average molecular weight is 374 g/mol. The highest BCUT2D eigenvalue weighted by Crippen LogP contribution is 2.25. The van der Waals surface area contributed by atoms with E-state index in [-0.39, 0.29) is 24.1 Å². The summed E-state index contributed by atoms with van der Waals surface area (Å²) >= 11 is 0. The lowest BCUT2D eigenvalue weighted by Crippen LogP contribution is -2.35. The number of rotatable bonds is 9. The molecular weight excluding hydrogens is 350 g/mol. The Hall–Kier alpha value is -2.47. The first-order valence-electron chi connectivity index (χ1n) is 9.26. The number of carbonyl (C=O) groups excluding carboxylic acids is 1. The van der Waals surface area contributed by atoms with E-state index < -0.39 is 11.6 Å². The maximum atomic E-state index is 13.9. The second-order valence-corrected chi connectivity index (χ2v) is 6.63. The van der Waals surface area contributed by atoms with Gasteiger partial charge < -0.3 is 15.0 Å². The number of nitrogens with one attached hydrogen (secondary N) is 1. The number of halogens is 2. The molecule has 0 aliphatic carbocycles. The third kappa shape index (κ3) is 5.26. The van der Waals surface area contributed by atoms with Gasteiger partial charge in [-0.3, -0.25) is 4.79 Å². The highest BCUT2D eigenvalue weighted by Gasteiger charge is 2.31. The smallest absolute Gasteiger partial charge is 0.223 e. The number of benzene rings is 2.